The number of thioether (sulfide) groups is 1. The van der Waals surface area contributed by atoms with Crippen molar-refractivity contribution in [2.45, 2.75) is 17.6 Å². The Hall–Kier alpha value is -3.62. The minimum atomic E-state index is -4.80. The van der Waals surface area contributed by atoms with Crippen LogP contribution in [0.1, 0.15) is 16.1 Å². The highest BCUT2D eigenvalue weighted by atomic mass is 35.5. The molecule has 2 heterocycles. The van der Waals surface area contributed by atoms with Gasteiger partial charge in [-0.05, 0) is 37.3 Å². The van der Waals surface area contributed by atoms with Gasteiger partial charge >= 0.3 is 6.36 Å². The fourth-order valence-electron chi connectivity index (χ4n) is 3.02. The molecule has 0 spiro atoms. The number of benzene rings is 2. The van der Waals surface area contributed by atoms with E-state index in [1.165, 1.54) is 12.1 Å². The number of rotatable bonds is 8. The van der Waals surface area contributed by atoms with Crippen molar-refractivity contribution in [2.24, 2.45) is 0 Å². The van der Waals surface area contributed by atoms with Crippen molar-refractivity contribution in [1.82, 2.24) is 15.4 Å². The maximum Gasteiger partial charge on any atom is 0.573 e. The zero-order valence-electron chi connectivity index (χ0n) is 18.6. The molecule has 0 radical (unpaired) electrons. The number of carbonyl (C=O) groups excluding carboxylic acids is 2. The highest BCUT2D eigenvalue weighted by molar-refractivity contribution is 8.01. The molecule has 4 aromatic rings. The van der Waals surface area contributed by atoms with Crippen LogP contribution in [0.3, 0.4) is 0 Å². The fourth-order valence-corrected chi connectivity index (χ4v) is 4.79. The average molecular weight is 570 g/mol. The first-order valence-corrected chi connectivity index (χ1v) is 12.4. The summed E-state index contributed by atoms with van der Waals surface area (Å²) in [5.74, 6) is -1.09. The molecule has 0 aliphatic rings. The van der Waals surface area contributed by atoms with Crippen LogP contribution in [0.2, 0.25) is 5.02 Å². The molecule has 15 heteroatoms. The topological polar surface area (TPSA) is 119 Å². The average Bonchev–Trinajstić information content (AvgIpc) is 3.44. The van der Waals surface area contributed by atoms with E-state index in [1.54, 1.807) is 31.2 Å². The van der Waals surface area contributed by atoms with Crippen molar-refractivity contribution >= 4 is 57.3 Å². The Kier molecular flexibility index (Phi) is 8.00. The van der Waals surface area contributed by atoms with E-state index in [0.717, 1.165) is 35.2 Å². The standard InChI is InChI=1S/C22H15ClF3N5O4S2/c1-11-17(18(31-35-11)14-4-2-3-5-15(14)23)19(33)28-20-29-30-21(37-20)36-10-16(32)27-12-6-8-13(9-7-12)34-22(24,25)26/h2-9H,10H2,1H3,(H,27,32)(H,28,29,33). The molecule has 2 N–H and O–H groups in total. The summed E-state index contributed by atoms with van der Waals surface area (Å²) in [6.45, 7) is 1.60. The smallest absolute Gasteiger partial charge is 0.406 e. The van der Waals surface area contributed by atoms with Gasteiger partial charge in [0.15, 0.2) is 4.34 Å². The van der Waals surface area contributed by atoms with Crippen molar-refractivity contribution in [1.29, 1.82) is 0 Å². The lowest BCUT2D eigenvalue weighted by molar-refractivity contribution is -0.274. The van der Waals surface area contributed by atoms with Crippen LogP contribution in [-0.2, 0) is 4.79 Å². The number of anilines is 2. The molecule has 0 unspecified atom stereocenters. The molecule has 2 aromatic heterocycles. The maximum atomic E-state index is 12.9. The minimum absolute atomic E-state index is 0.0508. The van der Waals surface area contributed by atoms with Gasteiger partial charge in [-0.25, -0.2) is 0 Å². The highest BCUT2D eigenvalue weighted by Crippen LogP contribution is 2.32. The number of nitrogens with one attached hydrogen (secondary N) is 2. The Morgan fingerprint density at radius 2 is 1.84 bits per heavy atom. The third-order valence-electron chi connectivity index (χ3n) is 4.54. The molecule has 0 aliphatic heterocycles. The maximum absolute atomic E-state index is 12.9. The number of halogens is 4. The van der Waals surface area contributed by atoms with Crippen LogP contribution < -0.4 is 15.4 Å². The largest absolute Gasteiger partial charge is 0.573 e. The number of hydrogen-bond acceptors (Lipinski definition) is 9. The van der Waals surface area contributed by atoms with E-state index in [4.69, 9.17) is 16.1 Å². The van der Waals surface area contributed by atoms with Gasteiger partial charge in [0, 0.05) is 11.3 Å². The van der Waals surface area contributed by atoms with Crippen LogP contribution in [0.15, 0.2) is 57.4 Å². The van der Waals surface area contributed by atoms with E-state index in [-0.39, 0.29) is 22.1 Å². The van der Waals surface area contributed by atoms with Crippen LogP contribution in [-0.4, -0.2) is 39.3 Å². The summed E-state index contributed by atoms with van der Waals surface area (Å²) >= 11 is 8.36. The van der Waals surface area contributed by atoms with Crippen molar-refractivity contribution in [2.75, 3.05) is 16.4 Å². The molecule has 37 heavy (non-hydrogen) atoms. The lowest BCUT2D eigenvalue weighted by Gasteiger charge is -2.09. The summed E-state index contributed by atoms with van der Waals surface area (Å²) in [5.41, 5.74) is 1.31. The second-order valence-electron chi connectivity index (χ2n) is 7.18. The number of aryl methyl sites for hydroxylation is 1. The Morgan fingerprint density at radius 3 is 2.54 bits per heavy atom. The summed E-state index contributed by atoms with van der Waals surface area (Å²) in [4.78, 5) is 25.1. The molecule has 9 nitrogen and oxygen atoms in total. The van der Waals surface area contributed by atoms with Gasteiger partial charge < -0.3 is 14.6 Å². The monoisotopic (exact) mass is 569 g/mol. The lowest BCUT2D eigenvalue weighted by Crippen LogP contribution is -2.17. The number of ether oxygens (including phenoxy) is 1. The molecule has 0 fully saturated rings. The molecule has 0 aliphatic carbocycles. The Labute approximate surface area is 220 Å². The highest BCUT2D eigenvalue weighted by Gasteiger charge is 2.31. The summed E-state index contributed by atoms with van der Waals surface area (Å²) in [5, 5.41) is 17.6. The van der Waals surface area contributed by atoms with E-state index in [0.29, 0.717) is 26.4 Å². The van der Waals surface area contributed by atoms with E-state index in [2.05, 4.69) is 30.7 Å². The molecular weight excluding hydrogens is 555 g/mol. The quantitative estimate of drug-likeness (QED) is 0.195. The fraction of sp³-hybridized carbons (Fsp3) is 0.136. The summed E-state index contributed by atoms with van der Waals surface area (Å²) in [6.07, 6.45) is -4.80. The third kappa shape index (κ3) is 6.99. The van der Waals surface area contributed by atoms with Crippen molar-refractivity contribution in [3.05, 3.63) is 64.9 Å². The second-order valence-corrected chi connectivity index (χ2v) is 9.79. The van der Waals surface area contributed by atoms with E-state index < -0.39 is 23.9 Å². The third-order valence-corrected chi connectivity index (χ3v) is 6.85. The van der Waals surface area contributed by atoms with Crippen LogP contribution in [0.5, 0.6) is 5.75 Å². The normalized spacial score (nSPS) is 11.3. The van der Waals surface area contributed by atoms with E-state index >= 15 is 0 Å². The Bertz CT molecular complexity index is 1430. The van der Waals surface area contributed by atoms with E-state index in [9.17, 15) is 22.8 Å². The molecular formula is C22H15ClF3N5O4S2. The van der Waals surface area contributed by atoms with Gasteiger partial charge in [0.1, 0.15) is 22.8 Å². The first-order valence-electron chi connectivity index (χ1n) is 10.2. The van der Waals surface area contributed by atoms with Gasteiger partial charge in [0.25, 0.3) is 5.91 Å². The zero-order valence-corrected chi connectivity index (χ0v) is 21.0. The first-order chi connectivity index (χ1) is 17.6. The minimum Gasteiger partial charge on any atom is -0.406 e. The van der Waals surface area contributed by atoms with Crippen molar-refractivity contribution in [3.8, 4) is 17.0 Å². The molecule has 2 amide bonds. The zero-order chi connectivity index (χ0) is 26.6. The Morgan fingerprint density at radius 1 is 1.11 bits per heavy atom. The van der Waals surface area contributed by atoms with Crippen LogP contribution >= 0.6 is 34.7 Å². The van der Waals surface area contributed by atoms with Crippen LogP contribution in [0.25, 0.3) is 11.3 Å². The van der Waals surface area contributed by atoms with Crippen molar-refractivity contribution in [3.63, 3.8) is 0 Å². The molecule has 192 valence electrons. The number of carbonyl (C=O) groups is 2. The van der Waals surface area contributed by atoms with Gasteiger partial charge in [0.2, 0.25) is 11.0 Å². The summed E-state index contributed by atoms with van der Waals surface area (Å²) < 4.78 is 46.1. The number of nitrogens with zero attached hydrogens (tertiary/aromatic N) is 3. The lowest BCUT2D eigenvalue weighted by atomic mass is 10.1. The summed E-state index contributed by atoms with van der Waals surface area (Å²) in [7, 11) is 0. The van der Waals surface area contributed by atoms with Crippen LogP contribution in [0.4, 0.5) is 24.0 Å². The predicted molar refractivity (Wildman–Crippen MR) is 132 cm³/mol. The Balaban J connectivity index is 1.33. The number of aromatic nitrogens is 3. The van der Waals surface area contributed by atoms with E-state index in [1.807, 2.05) is 0 Å². The number of alkyl halides is 3. The molecule has 0 saturated carbocycles. The molecule has 0 bridgehead atoms. The first kappa shape index (κ1) is 26.4. The number of hydrogen-bond donors (Lipinski definition) is 2. The van der Waals surface area contributed by atoms with Gasteiger partial charge in [-0.1, -0.05) is 58.1 Å². The van der Waals surface area contributed by atoms with Gasteiger partial charge in [-0.3, -0.25) is 14.9 Å². The summed E-state index contributed by atoms with van der Waals surface area (Å²) in [6, 6.07) is 11.6. The molecule has 0 atom stereocenters. The van der Waals surface area contributed by atoms with Crippen LogP contribution in [0, 0.1) is 6.92 Å². The van der Waals surface area contributed by atoms with Gasteiger partial charge in [0.05, 0.1) is 10.8 Å². The second kappa shape index (κ2) is 11.2. The molecule has 0 saturated heterocycles. The molecule has 2 aromatic carbocycles. The van der Waals surface area contributed by atoms with Gasteiger partial charge in [-0.2, -0.15) is 0 Å². The number of amides is 2. The predicted octanol–water partition coefficient (Wildman–Crippen LogP) is 6.04. The van der Waals surface area contributed by atoms with Gasteiger partial charge in [-0.15, -0.1) is 23.4 Å². The molecule has 4 rings (SSSR count). The van der Waals surface area contributed by atoms with Crippen molar-refractivity contribution < 1.29 is 32.0 Å². The SMILES string of the molecule is Cc1onc(-c2ccccc2Cl)c1C(=O)Nc1nnc(SCC(=O)Nc2ccc(OC(F)(F)F)cc2)s1.